The van der Waals surface area contributed by atoms with Gasteiger partial charge in [-0.25, -0.2) is 4.39 Å². The number of hydrogen-bond donors (Lipinski definition) is 2. The molecule has 0 radical (unpaired) electrons. The number of rotatable bonds is 7. The van der Waals surface area contributed by atoms with E-state index in [4.69, 9.17) is 9.26 Å². The fraction of sp³-hybridized carbons (Fsp3) is 0.333. The smallest absolute Gasteiger partial charge is 0.247 e. The van der Waals surface area contributed by atoms with Gasteiger partial charge in [-0.05, 0) is 49.4 Å². The van der Waals surface area contributed by atoms with Crippen LogP contribution < -0.4 is 10.6 Å². The number of carbonyl (C=O) groups excluding carboxylic acids is 1. The Morgan fingerprint density at radius 1 is 1.13 bits per heavy atom. The van der Waals surface area contributed by atoms with Crippen molar-refractivity contribution in [2.75, 3.05) is 18.5 Å². The third-order valence-electron chi connectivity index (χ3n) is 5.63. The van der Waals surface area contributed by atoms with Gasteiger partial charge < -0.3 is 14.6 Å². The number of hydrogen-bond acceptors (Lipinski definition) is 5. The van der Waals surface area contributed by atoms with Crippen LogP contribution in [0.5, 0.6) is 0 Å². The maximum atomic E-state index is 13.4. The number of aromatic nitrogens is 1. The van der Waals surface area contributed by atoms with Crippen molar-refractivity contribution in [1.82, 2.24) is 10.5 Å². The molecule has 1 unspecified atom stereocenters. The lowest BCUT2D eigenvalue weighted by atomic mass is 9.82. The molecular formula is C24H26FN3O3. The first-order valence-electron chi connectivity index (χ1n) is 10.4. The topological polar surface area (TPSA) is 76.4 Å². The van der Waals surface area contributed by atoms with Crippen LogP contribution in [0.1, 0.15) is 35.8 Å². The molecule has 162 valence electrons. The van der Waals surface area contributed by atoms with Gasteiger partial charge in [0.25, 0.3) is 0 Å². The van der Waals surface area contributed by atoms with Gasteiger partial charge in [0.15, 0.2) is 5.82 Å². The average molecular weight is 423 g/mol. The molecule has 0 saturated carbocycles. The molecule has 2 heterocycles. The summed E-state index contributed by atoms with van der Waals surface area (Å²) in [5, 5.41) is 10.4. The normalized spacial score (nSPS) is 16.6. The van der Waals surface area contributed by atoms with Gasteiger partial charge in [-0.1, -0.05) is 47.6 Å². The molecule has 1 fully saturated rings. The van der Waals surface area contributed by atoms with Gasteiger partial charge in [0, 0.05) is 24.8 Å². The standard InChI is InChI=1S/C24H26FN3O3/c1-17-15-21(28-31-17)26-23(29)22(19-5-3-2-4-6-19)27-24(11-13-30-14-12-24)16-18-7-9-20(25)10-8-18/h2-10,15,22,27H,11-14,16H2,1H3,(H,26,28,29). The predicted molar refractivity (Wildman–Crippen MR) is 115 cm³/mol. The third kappa shape index (κ3) is 5.37. The monoisotopic (exact) mass is 423 g/mol. The summed E-state index contributed by atoms with van der Waals surface area (Å²) in [7, 11) is 0. The summed E-state index contributed by atoms with van der Waals surface area (Å²) in [5.41, 5.74) is 1.49. The SMILES string of the molecule is Cc1cc(NC(=O)C(NC2(Cc3ccc(F)cc3)CCOCC2)c2ccccc2)no1. The molecule has 0 bridgehead atoms. The maximum absolute atomic E-state index is 13.4. The van der Waals surface area contributed by atoms with Crippen molar-refractivity contribution in [2.24, 2.45) is 0 Å². The minimum Gasteiger partial charge on any atom is -0.381 e. The molecule has 6 nitrogen and oxygen atoms in total. The number of nitrogens with zero attached hydrogens (tertiary/aromatic N) is 1. The molecule has 1 atom stereocenters. The van der Waals surface area contributed by atoms with E-state index in [1.54, 1.807) is 25.1 Å². The van der Waals surface area contributed by atoms with E-state index in [-0.39, 0.29) is 17.3 Å². The number of amides is 1. The summed E-state index contributed by atoms with van der Waals surface area (Å²) in [6.45, 7) is 2.97. The van der Waals surface area contributed by atoms with E-state index < -0.39 is 6.04 Å². The highest BCUT2D eigenvalue weighted by molar-refractivity contribution is 5.94. The van der Waals surface area contributed by atoms with Crippen molar-refractivity contribution in [3.8, 4) is 0 Å². The quantitative estimate of drug-likeness (QED) is 0.596. The molecule has 0 aliphatic carbocycles. The molecule has 4 rings (SSSR count). The summed E-state index contributed by atoms with van der Waals surface area (Å²) >= 11 is 0. The molecule has 1 aromatic heterocycles. The van der Waals surface area contributed by atoms with Gasteiger partial charge in [-0.2, -0.15) is 0 Å². The minimum absolute atomic E-state index is 0.218. The third-order valence-corrected chi connectivity index (χ3v) is 5.63. The van der Waals surface area contributed by atoms with E-state index >= 15 is 0 Å². The van der Waals surface area contributed by atoms with E-state index in [9.17, 15) is 9.18 Å². The molecule has 2 N–H and O–H groups in total. The van der Waals surface area contributed by atoms with Crippen molar-refractivity contribution >= 4 is 11.7 Å². The Morgan fingerprint density at radius 3 is 2.48 bits per heavy atom. The Hall–Kier alpha value is -3.03. The molecule has 7 heteroatoms. The lowest BCUT2D eigenvalue weighted by molar-refractivity contribution is -0.119. The van der Waals surface area contributed by atoms with Crippen LogP contribution in [0.2, 0.25) is 0 Å². The Kier molecular flexibility index (Phi) is 6.44. The number of carbonyl (C=O) groups is 1. The second kappa shape index (κ2) is 9.41. The van der Waals surface area contributed by atoms with E-state index in [1.165, 1.54) is 12.1 Å². The van der Waals surface area contributed by atoms with E-state index in [0.717, 1.165) is 24.0 Å². The van der Waals surface area contributed by atoms with Crippen LogP contribution in [0.4, 0.5) is 10.2 Å². The summed E-state index contributed by atoms with van der Waals surface area (Å²) in [5.74, 6) is 0.521. The van der Waals surface area contributed by atoms with Crippen LogP contribution in [0.3, 0.4) is 0 Å². The Balaban J connectivity index is 1.62. The van der Waals surface area contributed by atoms with Crippen molar-refractivity contribution in [1.29, 1.82) is 0 Å². The van der Waals surface area contributed by atoms with Crippen LogP contribution in [0, 0.1) is 12.7 Å². The van der Waals surface area contributed by atoms with E-state index in [0.29, 0.717) is 31.2 Å². The van der Waals surface area contributed by atoms with Crippen LogP contribution in [-0.2, 0) is 16.0 Å². The zero-order valence-electron chi connectivity index (χ0n) is 17.4. The number of halogens is 1. The lowest BCUT2D eigenvalue weighted by Crippen LogP contribution is -2.54. The summed E-state index contributed by atoms with van der Waals surface area (Å²) in [6.07, 6.45) is 2.14. The molecule has 3 aromatic rings. The Bertz CT molecular complexity index is 998. The Morgan fingerprint density at radius 2 is 1.84 bits per heavy atom. The van der Waals surface area contributed by atoms with Gasteiger partial charge in [-0.15, -0.1) is 0 Å². The highest BCUT2D eigenvalue weighted by atomic mass is 19.1. The van der Waals surface area contributed by atoms with Crippen LogP contribution in [0.15, 0.2) is 65.2 Å². The molecule has 1 saturated heterocycles. The predicted octanol–water partition coefficient (Wildman–Crippen LogP) is 4.18. The van der Waals surface area contributed by atoms with Crippen LogP contribution in [-0.4, -0.2) is 29.8 Å². The zero-order valence-corrected chi connectivity index (χ0v) is 17.4. The summed E-state index contributed by atoms with van der Waals surface area (Å²) < 4.78 is 24.1. The highest BCUT2D eigenvalue weighted by Crippen LogP contribution is 2.30. The van der Waals surface area contributed by atoms with Gasteiger partial charge in [0.05, 0.1) is 0 Å². The fourth-order valence-corrected chi connectivity index (χ4v) is 4.00. The maximum Gasteiger partial charge on any atom is 0.247 e. The van der Waals surface area contributed by atoms with Crippen LogP contribution >= 0.6 is 0 Å². The number of benzene rings is 2. The summed E-state index contributed by atoms with van der Waals surface area (Å²) in [6, 6.07) is 17.2. The first-order valence-corrected chi connectivity index (χ1v) is 10.4. The largest absolute Gasteiger partial charge is 0.381 e. The van der Waals surface area contributed by atoms with Gasteiger partial charge in [-0.3, -0.25) is 10.1 Å². The van der Waals surface area contributed by atoms with Crippen molar-refractivity contribution in [2.45, 2.75) is 37.8 Å². The minimum atomic E-state index is -0.600. The average Bonchev–Trinajstić information content (AvgIpc) is 3.19. The molecule has 0 spiro atoms. The molecule has 31 heavy (non-hydrogen) atoms. The second-order valence-corrected chi connectivity index (χ2v) is 8.00. The van der Waals surface area contributed by atoms with E-state index in [2.05, 4.69) is 15.8 Å². The number of ether oxygens (including phenoxy) is 1. The molecular weight excluding hydrogens is 397 g/mol. The molecule has 2 aromatic carbocycles. The summed E-state index contributed by atoms with van der Waals surface area (Å²) in [4.78, 5) is 13.3. The molecule has 1 amide bonds. The van der Waals surface area contributed by atoms with Crippen LogP contribution in [0.25, 0.3) is 0 Å². The molecule has 1 aliphatic rings. The zero-order chi connectivity index (χ0) is 21.7. The first-order chi connectivity index (χ1) is 15.0. The van der Waals surface area contributed by atoms with Gasteiger partial charge >= 0.3 is 0 Å². The lowest BCUT2D eigenvalue weighted by Gasteiger charge is -2.41. The number of anilines is 1. The van der Waals surface area contributed by atoms with Gasteiger partial charge in [0.1, 0.15) is 17.6 Å². The first kappa shape index (κ1) is 21.2. The van der Waals surface area contributed by atoms with Gasteiger partial charge in [0.2, 0.25) is 5.91 Å². The fourth-order valence-electron chi connectivity index (χ4n) is 4.00. The Labute approximate surface area is 180 Å². The second-order valence-electron chi connectivity index (χ2n) is 8.00. The van der Waals surface area contributed by atoms with E-state index in [1.807, 2.05) is 30.3 Å². The highest BCUT2D eigenvalue weighted by Gasteiger charge is 2.37. The molecule has 1 aliphatic heterocycles. The van der Waals surface area contributed by atoms with Crippen molar-refractivity contribution in [3.05, 3.63) is 83.4 Å². The number of aryl methyl sites for hydroxylation is 1. The van der Waals surface area contributed by atoms with Crippen molar-refractivity contribution in [3.63, 3.8) is 0 Å². The van der Waals surface area contributed by atoms with Crippen molar-refractivity contribution < 1.29 is 18.4 Å². The number of nitrogens with one attached hydrogen (secondary N) is 2.